The fraction of sp³-hybridized carbons (Fsp3) is 0.143. The third-order valence-corrected chi connectivity index (χ3v) is 3.18. The second-order valence-corrected chi connectivity index (χ2v) is 4.91. The van der Waals surface area contributed by atoms with Crippen LogP contribution in [0.25, 0.3) is 11.0 Å². The SMILES string of the molecule is Nc1cc(Cl)cnc1NCCc1nc2ccccc2[nH]1. The van der Waals surface area contributed by atoms with Crippen molar-refractivity contribution in [3.05, 3.63) is 47.4 Å². The Kier molecular flexibility index (Phi) is 3.43. The molecule has 4 N–H and O–H groups in total. The van der Waals surface area contributed by atoms with E-state index >= 15 is 0 Å². The van der Waals surface area contributed by atoms with Crippen molar-refractivity contribution in [2.45, 2.75) is 6.42 Å². The fourth-order valence-electron chi connectivity index (χ4n) is 2.03. The van der Waals surface area contributed by atoms with Crippen molar-refractivity contribution < 1.29 is 0 Å². The average molecular weight is 288 g/mol. The number of para-hydroxylation sites is 2. The van der Waals surface area contributed by atoms with Gasteiger partial charge in [0, 0.05) is 19.2 Å². The number of pyridine rings is 1. The molecule has 3 aromatic rings. The molecule has 2 heterocycles. The van der Waals surface area contributed by atoms with Gasteiger partial charge in [0.1, 0.15) is 11.6 Å². The smallest absolute Gasteiger partial charge is 0.149 e. The van der Waals surface area contributed by atoms with Gasteiger partial charge in [-0.2, -0.15) is 0 Å². The summed E-state index contributed by atoms with van der Waals surface area (Å²) in [5.74, 6) is 1.58. The maximum absolute atomic E-state index is 5.83. The van der Waals surface area contributed by atoms with Crippen LogP contribution in [0.1, 0.15) is 5.82 Å². The topological polar surface area (TPSA) is 79.6 Å². The van der Waals surface area contributed by atoms with Gasteiger partial charge in [0.05, 0.1) is 21.7 Å². The lowest BCUT2D eigenvalue weighted by molar-refractivity contribution is 0.929. The zero-order valence-electron chi connectivity index (χ0n) is 10.7. The standard InChI is InChI=1S/C14H14ClN5/c15-9-7-10(16)14(18-8-9)17-6-5-13-19-11-3-1-2-4-12(11)20-13/h1-4,7-8H,5-6,16H2,(H,17,18)(H,19,20). The summed E-state index contributed by atoms with van der Waals surface area (Å²) >= 11 is 5.81. The summed E-state index contributed by atoms with van der Waals surface area (Å²) in [6.45, 7) is 0.693. The Bertz CT molecular complexity index is 704. The lowest BCUT2D eigenvalue weighted by Gasteiger charge is -2.07. The van der Waals surface area contributed by atoms with Gasteiger partial charge in [-0.3, -0.25) is 0 Å². The van der Waals surface area contributed by atoms with Crippen molar-refractivity contribution in [2.24, 2.45) is 0 Å². The number of aromatic amines is 1. The number of hydrogen-bond acceptors (Lipinski definition) is 4. The second kappa shape index (κ2) is 5.38. The molecule has 20 heavy (non-hydrogen) atoms. The molecule has 0 spiro atoms. The lowest BCUT2D eigenvalue weighted by Crippen LogP contribution is -2.09. The summed E-state index contributed by atoms with van der Waals surface area (Å²) in [6.07, 6.45) is 2.33. The molecule has 0 aliphatic rings. The number of nitrogens with one attached hydrogen (secondary N) is 2. The highest BCUT2D eigenvalue weighted by atomic mass is 35.5. The van der Waals surface area contributed by atoms with Crippen LogP contribution in [0.3, 0.4) is 0 Å². The zero-order chi connectivity index (χ0) is 13.9. The molecule has 0 saturated heterocycles. The van der Waals surface area contributed by atoms with Gasteiger partial charge in [-0.25, -0.2) is 9.97 Å². The first-order chi connectivity index (χ1) is 9.72. The van der Waals surface area contributed by atoms with Gasteiger partial charge in [0.2, 0.25) is 0 Å². The van der Waals surface area contributed by atoms with Gasteiger partial charge < -0.3 is 16.0 Å². The largest absolute Gasteiger partial charge is 0.396 e. The van der Waals surface area contributed by atoms with E-state index in [1.807, 2.05) is 24.3 Å². The predicted octanol–water partition coefficient (Wildman–Crippen LogP) is 2.85. The van der Waals surface area contributed by atoms with Crippen molar-refractivity contribution >= 4 is 34.1 Å². The molecule has 0 unspecified atom stereocenters. The van der Waals surface area contributed by atoms with E-state index in [2.05, 4.69) is 20.3 Å². The number of halogens is 1. The van der Waals surface area contributed by atoms with E-state index in [4.69, 9.17) is 17.3 Å². The summed E-state index contributed by atoms with van der Waals surface area (Å²) in [7, 11) is 0. The van der Waals surface area contributed by atoms with Crippen LogP contribution in [0.4, 0.5) is 11.5 Å². The Morgan fingerprint density at radius 1 is 1.30 bits per heavy atom. The van der Waals surface area contributed by atoms with Gasteiger partial charge in [-0.05, 0) is 18.2 Å². The maximum atomic E-state index is 5.83. The highest BCUT2D eigenvalue weighted by Crippen LogP contribution is 2.19. The van der Waals surface area contributed by atoms with Gasteiger partial charge in [-0.15, -0.1) is 0 Å². The Balaban J connectivity index is 1.64. The molecular formula is C14H14ClN5. The van der Waals surface area contributed by atoms with Crippen LogP contribution in [0, 0.1) is 0 Å². The number of aromatic nitrogens is 3. The molecule has 2 aromatic heterocycles. The number of nitrogens with zero attached hydrogens (tertiary/aromatic N) is 2. The lowest BCUT2D eigenvalue weighted by atomic mass is 10.3. The van der Waals surface area contributed by atoms with Crippen molar-refractivity contribution in [2.75, 3.05) is 17.6 Å². The number of nitrogens with two attached hydrogens (primary N) is 1. The Morgan fingerprint density at radius 3 is 2.95 bits per heavy atom. The zero-order valence-corrected chi connectivity index (χ0v) is 11.5. The molecule has 3 rings (SSSR count). The molecule has 1 aromatic carbocycles. The van der Waals surface area contributed by atoms with Gasteiger partial charge in [0.25, 0.3) is 0 Å². The first-order valence-corrected chi connectivity index (χ1v) is 6.69. The van der Waals surface area contributed by atoms with E-state index in [9.17, 15) is 0 Å². The molecule has 0 fully saturated rings. The fourth-order valence-corrected chi connectivity index (χ4v) is 2.19. The van der Waals surface area contributed by atoms with E-state index < -0.39 is 0 Å². The highest BCUT2D eigenvalue weighted by Gasteiger charge is 2.04. The van der Waals surface area contributed by atoms with Crippen LogP contribution < -0.4 is 11.1 Å². The molecule has 0 bridgehead atoms. The summed E-state index contributed by atoms with van der Waals surface area (Å²) in [5.41, 5.74) is 8.40. The first-order valence-electron chi connectivity index (χ1n) is 6.31. The van der Waals surface area contributed by atoms with Crippen molar-refractivity contribution in [3.63, 3.8) is 0 Å². The predicted molar refractivity (Wildman–Crippen MR) is 81.9 cm³/mol. The molecule has 0 saturated carbocycles. The minimum atomic E-state index is 0.533. The number of anilines is 2. The summed E-state index contributed by atoms with van der Waals surface area (Å²) < 4.78 is 0. The van der Waals surface area contributed by atoms with E-state index in [1.54, 1.807) is 12.3 Å². The number of hydrogen-bond donors (Lipinski definition) is 3. The Morgan fingerprint density at radius 2 is 2.15 bits per heavy atom. The first kappa shape index (κ1) is 12.7. The van der Waals surface area contributed by atoms with Gasteiger partial charge >= 0.3 is 0 Å². The van der Waals surface area contributed by atoms with Crippen LogP contribution in [-0.4, -0.2) is 21.5 Å². The van der Waals surface area contributed by atoms with E-state index in [1.165, 1.54) is 0 Å². The van der Waals surface area contributed by atoms with E-state index in [0.717, 1.165) is 23.3 Å². The molecule has 0 aliphatic heterocycles. The van der Waals surface area contributed by atoms with Crippen LogP contribution in [0.5, 0.6) is 0 Å². The van der Waals surface area contributed by atoms with Crippen LogP contribution >= 0.6 is 11.6 Å². The molecule has 0 atom stereocenters. The number of fused-ring (bicyclic) bond motifs is 1. The van der Waals surface area contributed by atoms with Crippen molar-refractivity contribution in [1.82, 2.24) is 15.0 Å². The van der Waals surface area contributed by atoms with Crippen LogP contribution in [-0.2, 0) is 6.42 Å². The number of benzene rings is 1. The number of nitrogen functional groups attached to an aromatic ring is 1. The van der Waals surface area contributed by atoms with Gasteiger partial charge in [0.15, 0.2) is 0 Å². The summed E-state index contributed by atoms with van der Waals surface area (Å²) in [6, 6.07) is 9.64. The van der Waals surface area contributed by atoms with E-state index in [0.29, 0.717) is 23.1 Å². The number of imidazole rings is 1. The minimum Gasteiger partial charge on any atom is -0.396 e. The number of rotatable bonds is 4. The third-order valence-electron chi connectivity index (χ3n) is 2.98. The normalized spacial score (nSPS) is 10.8. The quantitative estimate of drug-likeness (QED) is 0.689. The maximum Gasteiger partial charge on any atom is 0.149 e. The Hall–Kier alpha value is -2.27. The molecule has 5 nitrogen and oxygen atoms in total. The molecule has 102 valence electrons. The average Bonchev–Trinajstić information content (AvgIpc) is 2.84. The monoisotopic (exact) mass is 287 g/mol. The molecular weight excluding hydrogens is 274 g/mol. The van der Waals surface area contributed by atoms with E-state index in [-0.39, 0.29) is 0 Å². The highest BCUT2D eigenvalue weighted by molar-refractivity contribution is 6.30. The molecule has 6 heteroatoms. The third kappa shape index (κ3) is 2.67. The van der Waals surface area contributed by atoms with Crippen molar-refractivity contribution in [1.29, 1.82) is 0 Å². The summed E-state index contributed by atoms with van der Waals surface area (Å²) in [5, 5.41) is 3.71. The summed E-state index contributed by atoms with van der Waals surface area (Å²) in [4.78, 5) is 11.9. The van der Waals surface area contributed by atoms with Crippen molar-refractivity contribution in [3.8, 4) is 0 Å². The van der Waals surface area contributed by atoms with Crippen LogP contribution in [0.2, 0.25) is 5.02 Å². The molecule has 0 aliphatic carbocycles. The van der Waals surface area contributed by atoms with Gasteiger partial charge in [-0.1, -0.05) is 23.7 Å². The molecule has 0 radical (unpaired) electrons. The minimum absolute atomic E-state index is 0.533. The second-order valence-electron chi connectivity index (χ2n) is 4.47. The van der Waals surface area contributed by atoms with Crippen LogP contribution in [0.15, 0.2) is 36.5 Å². The Labute approximate surface area is 121 Å². The molecule has 0 amide bonds. The number of H-pyrrole nitrogens is 1.